The molecule has 0 bridgehead atoms. The lowest BCUT2D eigenvalue weighted by Crippen LogP contribution is -2.30. The van der Waals surface area contributed by atoms with E-state index in [4.69, 9.17) is 14.2 Å². The number of aryl methyl sites for hydroxylation is 1. The molecule has 1 N–H and O–H groups in total. The van der Waals surface area contributed by atoms with Gasteiger partial charge in [-0.25, -0.2) is 0 Å². The minimum absolute atomic E-state index is 0.0162. The van der Waals surface area contributed by atoms with Crippen molar-refractivity contribution in [2.75, 3.05) is 27.4 Å². The van der Waals surface area contributed by atoms with Crippen LogP contribution in [0.2, 0.25) is 0 Å². The first-order valence-corrected chi connectivity index (χ1v) is 9.75. The van der Waals surface area contributed by atoms with Crippen molar-refractivity contribution in [2.45, 2.75) is 26.2 Å². The van der Waals surface area contributed by atoms with Crippen LogP contribution in [0.1, 0.15) is 24.5 Å². The number of methoxy groups -OCH3 is 2. The Morgan fingerprint density at radius 1 is 0.963 bits per heavy atom. The number of benzene rings is 2. The first-order chi connectivity index (χ1) is 13.1. The van der Waals surface area contributed by atoms with Gasteiger partial charge in [-0.1, -0.05) is 25.5 Å². The van der Waals surface area contributed by atoms with E-state index in [0.717, 1.165) is 22.9 Å². The zero-order valence-electron chi connectivity index (χ0n) is 16.0. The largest absolute Gasteiger partial charge is 0.493 e. The molecule has 0 aromatic heterocycles. The number of rotatable bonds is 10. The number of hydrogen-bond donors (Lipinski definition) is 1. The minimum Gasteiger partial charge on any atom is -0.493 e. The molecular formula is C21H26BrNO4. The van der Waals surface area contributed by atoms with Crippen LogP contribution >= 0.6 is 15.9 Å². The third kappa shape index (κ3) is 6.47. The normalized spacial score (nSPS) is 10.4. The number of carbonyl (C=O) groups excluding carboxylic acids is 1. The summed E-state index contributed by atoms with van der Waals surface area (Å²) in [6.07, 6.45) is 2.81. The summed E-state index contributed by atoms with van der Waals surface area (Å²) in [4.78, 5) is 12.0. The quantitative estimate of drug-likeness (QED) is 0.608. The lowest BCUT2D eigenvalue weighted by Gasteiger charge is -2.11. The second-order valence-corrected chi connectivity index (χ2v) is 6.95. The zero-order valence-corrected chi connectivity index (χ0v) is 17.6. The highest BCUT2D eigenvalue weighted by atomic mass is 79.9. The molecule has 146 valence electrons. The molecule has 2 aromatic carbocycles. The van der Waals surface area contributed by atoms with E-state index in [2.05, 4.69) is 28.2 Å². The summed E-state index contributed by atoms with van der Waals surface area (Å²) < 4.78 is 17.0. The van der Waals surface area contributed by atoms with Gasteiger partial charge in [-0.05, 0) is 64.2 Å². The standard InChI is InChI=1S/C21H26BrNO4/c1-4-5-15-6-8-18(17(22)12-15)27-14-21(24)23-11-10-16-7-9-19(25-2)20(13-16)26-3/h6-9,12-13H,4-5,10-11,14H2,1-3H3,(H,23,24). The molecule has 0 heterocycles. The van der Waals surface area contributed by atoms with Gasteiger partial charge in [-0.15, -0.1) is 0 Å². The Labute approximate surface area is 169 Å². The van der Waals surface area contributed by atoms with E-state index in [1.165, 1.54) is 5.56 Å². The molecule has 0 spiro atoms. The Morgan fingerprint density at radius 2 is 1.63 bits per heavy atom. The molecule has 0 saturated heterocycles. The molecule has 0 atom stereocenters. The van der Waals surface area contributed by atoms with Crippen molar-refractivity contribution in [1.29, 1.82) is 0 Å². The van der Waals surface area contributed by atoms with Gasteiger partial charge < -0.3 is 19.5 Å². The molecule has 2 aromatic rings. The Morgan fingerprint density at radius 3 is 2.26 bits per heavy atom. The highest BCUT2D eigenvalue weighted by Gasteiger charge is 2.08. The fraction of sp³-hybridized carbons (Fsp3) is 0.381. The Hall–Kier alpha value is -2.21. The number of hydrogen-bond acceptors (Lipinski definition) is 4. The summed E-state index contributed by atoms with van der Waals surface area (Å²) in [5.74, 6) is 1.89. The molecule has 0 unspecified atom stereocenters. The van der Waals surface area contributed by atoms with E-state index in [1.54, 1.807) is 14.2 Å². The van der Waals surface area contributed by atoms with Crippen LogP contribution < -0.4 is 19.5 Å². The lowest BCUT2D eigenvalue weighted by molar-refractivity contribution is -0.123. The molecule has 2 rings (SSSR count). The molecule has 0 aliphatic rings. The smallest absolute Gasteiger partial charge is 0.257 e. The Kier molecular flexibility index (Phi) is 8.45. The van der Waals surface area contributed by atoms with Crippen LogP contribution in [-0.4, -0.2) is 33.3 Å². The Balaban J connectivity index is 1.78. The van der Waals surface area contributed by atoms with E-state index in [-0.39, 0.29) is 12.5 Å². The molecule has 0 fully saturated rings. The maximum Gasteiger partial charge on any atom is 0.257 e. The molecule has 0 radical (unpaired) electrons. The fourth-order valence-corrected chi connectivity index (χ4v) is 3.22. The topological polar surface area (TPSA) is 56.8 Å². The van der Waals surface area contributed by atoms with Gasteiger partial charge in [0.2, 0.25) is 0 Å². The van der Waals surface area contributed by atoms with Crippen LogP contribution in [0.5, 0.6) is 17.2 Å². The van der Waals surface area contributed by atoms with Crippen molar-refractivity contribution in [3.05, 3.63) is 52.0 Å². The molecule has 27 heavy (non-hydrogen) atoms. The van der Waals surface area contributed by atoms with Gasteiger partial charge in [0.05, 0.1) is 18.7 Å². The van der Waals surface area contributed by atoms with Crippen LogP contribution in [0, 0.1) is 0 Å². The van der Waals surface area contributed by atoms with Crippen molar-refractivity contribution < 1.29 is 19.0 Å². The number of carbonyl (C=O) groups is 1. The lowest BCUT2D eigenvalue weighted by atomic mass is 10.1. The molecule has 0 saturated carbocycles. The third-order valence-electron chi connectivity index (χ3n) is 4.08. The maximum atomic E-state index is 12.0. The van der Waals surface area contributed by atoms with Crippen molar-refractivity contribution in [1.82, 2.24) is 5.32 Å². The highest BCUT2D eigenvalue weighted by Crippen LogP contribution is 2.28. The van der Waals surface area contributed by atoms with Gasteiger partial charge in [0, 0.05) is 6.54 Å². The molecule has 0 aliphatic heterocycles. The molecule has 5 nitrogen and oxygen atoms in total. The predicted molar refractivity (Wildman–Crippen MR) is 110 cm³/mol. The third-order valence-corrected chi connectivity index (χ3v) is 4.70. The van der Waals surface area contributed by atoms with Crippen LogP contribution in [0.25, 0.3) is 0 Å². The van der Waals surface area contributed by atoms with Crippen molar-refractivity contribution in [2.24, 2.45) is 0 Å². The van der Waals surface area contributed by atoms with Gasteiger partial charge in [0.15, 0.2) is 18.1 Å². The predicted octanol–water partition coefficient (Wildman–Crippen LogP) is 4.16. The first-order valence-electron chi connectivity index (χ1n) is 8.96. The van der Waals surface area contributed by atoms with Crippen molar-refractivity contribution in [3.8, 4) is 17.2 Å². The Bertz CT molecular complexity index is 764. The summed E-state index contributed by atoms with van der Waals surface area (Å²) in [5.41, 5.74) is 2.30. The van der Waals surface area contributed by atoms with Crippen LogP contribution in [0.3, 0.4) is 0 Å². The number of halogens is 1. The summed E-state index contributed by atoms with van der Waals surface area (Å²) >= 11 is 3.50. The monoisotopic (exact) mass is 435 g/mol. The molecular weight excluding hydrogens is 410 g/mol. The van der Waals surface area contributed by atoms with Crippen LogP contribution in [0.15, 0.2) is 40.9 Å². The molecule has 0 aliphatic carbocycles. The first kappa shape index (κ1) is 21.1. The number of amides is 1. The summed E-state index contributed by atoms with van der Waals surface area (Å²) in [6, 6.07) is 11.7. The van der Waals surface area contributed by atoms with E-state index in [9.17, 15) is 4.79 Å². The van der Waals surface area contributed by atoms with Crippen LogP contribution in [0.4, 0.5) is 0 Å². The zero-order chi connectivity index (χ0) is 19.6. The second-order valence-electron chi connectivity index (χ2n) is 6.09. The highest BCUT2D eigenvalue weighted by molar-refractivity contribution is 9.10. The molecule has 1 amide bonds. The van der Waals surface area contributed by atoms with Crippen molar-refractivity contribution >= 4 is 21.8 Å². The summed E-state index contributed by atoms with van der Waals surface area (Å²) in [6.45, 7) is 2.65. The SMILES string of the molecule is CCCc1ccc(OCC(=O)NCCc2ccc(OC)c(OC)c2)c(Br)c1. The summed E-state index contributed by atoms with van der Waals surface area (Å²) in [7, 11) is 3.21. The van der Waals surface area contributed by atoms with Gasteiger partial charge in [-0.3, -0.25) is 4.79 Å². The summed E-state index contributed by atoms with van der Waals surface area (Å²) in [5, 5.41) is 2.87. The molecule has 6 heteroatoms. The second kappa shape index (κ2) is 10.8. The van der Waals surface area contributed by atoms with Gasteiger partial charge in [-0.2, -0.15) is 0 Å². The van der Waals surface area contributed by atoms with E-state index in [1.807, 2.05) is 36.4 Å². The number of nitrogens with one attached hydrogen (secondary N) is 1. The average Bonchev–Trinajstić information content (AvgIpc) is 2.67. The van der Waals surface area contributed by atoms with Gasteiger partial charge in [0.1, 0.15) is 5.75 Å². The number of ether oxygens (including phenoxy) is 3. The van der Waals surface area contributed by atoms with Gasteiger partial charge in [0.25, 0.3) is 5.91 Å². The fourth-order valence-electron chi connectivity index (χ4n) is 2.68. The van der Waals surface area contributed by atoms with E-state index in [0.29, 0.717) is 30.2 Å². The van der Waals surface area contributed by atoms with Gasteiger partial charge >= 0.3 is 0 Å². The minimum atomic E-state index is -0.153. The average molecular weight is 436 g/mol. The van der Waals surface area contributed by atoms with E-state index >= 15 is 0 Å². The van der Waals surface area contributed by atoms with Crippen molar-refractivity contribution in [3.63, 3.8) is 0 Å². The van der Waals surface area contributed by atoms with E-state index < -0.39 is 0 Å². The van der Waals surface area contributed by atoms with Crippen LogP contribution in [-0.2, 0) is 17.6 Å². The maximum absolute atomic E-state index is 12.0.